The van der Waals surface area contributed by atoms with Gasteiger partial charge in [-0.05, 0) is 24.4 Å². The van der Waals surface area contributed by atoms with Crippen LogP contribution in [0.1, 0.15) is 33.1 Å². The normalized spacial score (nSPS) is 12.5. The molecule has 0 fully saturated rings. The highest BCUT2D eigenvalue weighted by Gasteiger charge is 2.10. The molecule has 0 saturated heterocycles. The summed E-state index contributed by atoms with van der Waals surface area (Å²) in [5, 5.41) is 10.8. The van der Waals surface area contributed by atoms with Crippen LogP contribution in [0.3, 0.4) is 0 Å². The van der Waals surface area contributed by atoms with E-state index in [1.54, 1.807) is 0 Å². The molecule has 1 heterocycles. The fourth-order valence-electron chi connectivity index (χ4n) is 1.31. The quantitative estimate of drug-likeness (QED) is 0.870. The number of anilines is 1. The van der Waals surface area contributed by atoms with Gasteiger partial charge in [0.25, 0.3) is 0 Å². The molecule has 4 nitrogen and oxygen atoms in total. The lowest BCUT2D eigenvalue weighted by molar-refractivity contribution is 0.619. The van der Waals surface area contributed by atoms with Gasteiger partial charge in [0.15, 0.2) is 11.0 Å². The van der Waals surface area contributed by atoms with Crippen LogP contribution in [0.25, 0.3) is 0 Å². The number of halogens is 2. The van der Waals surface area contributed by atoms with Crippen LogP contribution in [-0.4, -0.2) is 21.2 Å². The van der Waals surface area contributed by atoms with Crippen LogP contribution in [0.4, 0.5) is 5.82 Å². The minimum atomic E-state index is 0.105. The molecular weight excluding hydrogens is 235 g/mol. The lowest BCUT2D eigenvalue weighted by Gasteiger charge is -2.16. The second-order valence-electron chi connectivity index (χ2n) is 3.26. The minimum absolute atomic E-state index is 0.105. The number of aromatic nitrogens is 3. The van der Waals surface area contributed by atoms with Gasteiger partial charge < -0.3 is 5.32 Å². The summed E-state index contributed by atoms with van der Waals surface area (Å²) >= 11 is 11.5. The zero-order valence-corrected chi connectivity index (χ0v) is 10.3. The Kier molecular flexibility index (Phi) is 5.05. The number of nitrogens with one attached hydrogen (secondary N) is 1. The molecule has 6 heteroatoms. The van der Waals surface area contributed by atoms with E-state index in [0.29, 0.717) is 11.9 Å². The molecule has 1 rings (SSSR count). The second-order valence-corrected chi connectivity index (χ2v) is 3.95. The smallest absolute Gasteiger partial charge is 0.245 e. The van der Waals surface area contributed by atoms with Crippen LogP contribution < -0.4 is 5.32 Å². The van der Waals surface area contributed by atoms with E-state index in [1.165, 1.54) is 0 Å². The standard InChI is InChI=1S/C9H14Cl2N4/c1-3-5-6(4-2)12-8-7(10)14-15-9(11)13-8/h6H,3-5H2,1-2H3,(H,12,13,15). The highest BCUT2D eigenvalue weighted by Crippen LogP contribution is 2.19. The van der Waals surface area contributed by atoms with Crippen molar-refractivity contribution in [2.45, 2.75) is 39.2 Å². The maximum Gasteiger partial charge on any atom is 0.245 e. The van der Waals surface area contributed by atoms with Crippen LogP contribution in [-0.2, 0) is 0 Å². The van der Waals surface area contributed by atoms with Crippen LogP contribution in [0.5, 0.6) is 0 Å². The lowest BCUT2D eigenvalue weighted by atomic mass is 10.1. The largest absolute Gasteiger partial charge is 0.365 e. The summed E-state index contributed by atoms with van der Waals surface area (Å²) in [7, 11) is 0. The number of hydrogen-bond donors (Lipinski definition) is 1. The number of rotatable bonds is 5. The molecular formula is C9H14Cl2N4. The first-order chi connectivity index (χ1) is 7.17. The molecule has 0 aromatic carbocycles. The maximum atomic E-state index is 5.84. The zero-order valence-electron chi connectivity index (χ0n) is 8.80. The van der Waals surface area contributed by atoms with Crippen LogP contribution in [0, 0.1) is 0 Å². The average Bonchev–Trinajstić information content (AvgIpc) is 2.22. The van der Waals surface area contributed by atoms with Gasteiger partial charge in [0.2, 0.25) is 5.28 Å². The van der Waals surface area contributed by atoms with Gasteiger partial charge in [-0.15, -0.1) is 10.2 Å². The molecule has 0 aliphatic carbocycles. The third-order valence-corrected chi connectivity index (χ3v) is 2.51. The van der Waals surface area contributed by atoms with Crippen LogP contribution >= 0.6 is 23.2 Å². The summed E-state index contributed by atoms with van der Waals surface area (Å²) in [6.45, 7) is 4.24. The van der Waals surface area contributed by atoms with Crippen LogP contribution in [0.15, 0.2) is 0 Å². The van der Waals surface area contributed by atoms with Gasteiger partial charge >= 0.3 is 0 Å². The topological polar surface area (TPSA) is 50.7 Å². The van der Waals surface area contributed by atoms with E-state index in [2.05, 4.69) is 34.3 Å². The monoisotopic (exact) mass is 248 g/mol. The molecule has 0 spiro atoms. The van der Waals surface area contributed by atoms with Crippen molar-refractivity contribution < 1.29 is 0 Å². The Morgan fingerprint density at radius 2 is 2.00 bits per heavy atom. The van der Waals surface area contributed by atoms with Crippen molar-refractivity contribution >= 4 is 29.0 Å². The third kappa shape index (κ3) is 3.80. The molecule has 1 aromatic rings. The van der Waals surface area contributed by atoms with E-state index < -0.39 is 0 Å². The molecule has 1 aromatic heterocycles. The van der Waals surface area contributed by atoms with Gasteiger partial charge in [0.05, 0.1) is 0 Å². The first-order valence-corrected chi connectivity index (χ1v) is 5.75. The van der Waals surface area contributed by atoms with Crippen molar-refractivity contribution in [3.63, 3.8) is 0 Å². The van der Waals surface area contributed by atoms with Gasteiger partial charge in [-0.25, -0.2) is 0 Å². The Labute approximate surface area is 99.4 Å². The van der Waals surface area contributed by atoms with Gasteiger partial charge in [-0.3, -0.25) is 0 Å². The Bertz CT molecular complexity index is 319. The summed E-state index contributed by atoms with van der Waals surface area (Å²) in [6, 6.07) is 0.347. The first-order valence-electron chi connectivity index (χ1n) is 4.99. The fraction of sp³-hybridized carbons (Fsp3) is 0.667. The molecule has 0 aliphatic rings. The van der Waals surface area contributed by atoms with E-state index in [1.807, 2.05) is 0 Å². The Balaban J connectivity index is 2.73. The first kappa shape index (κ1) is 12.5. The Morgan fingerprint density at radius 3 is 2.60 bits per heavy atom. The number of hydrogen-bond acceptors (Lipinski definition) is 4. The van der Waals surface area contributed by atoms with Gasteiger partial charge in [0.1, 0.15) is 0 Å². The summed E-state index contributed by atoms with van der Waals surface area (Å²) in [5.74, 6) is 0.511. The predicted octanol–water partition coefficient (Wildman–Crippen LogP) is 3.17. The lowest BCUT2D eigenvalue weighted by Crippen LogP contribution is -2.19. The summed E-state index contributed by atoms with van der Waals surface area (Å²) in [6.07, 6.45) is 3.18. The van der Waals surface area contributed by atoms with Crippen molar-refractivity contribution in [1.29, 1.82) is 0 Å². The second kappa shape index (κ2) is 6.08. The number of nitrogens with zero attached hydrogens (tertiary/aromatic N) is 3. The zero-order chi connectivity index (χ0) is 11.3. The molecule has 1 atom stereocenters. The van der Waals surface area contributed by atoms with Gasteiger partial charge in [0, 0.05) is 6.04 Å². The van der Waals surface area contributed by atoms with E-state index in [-0.39, 0.29) is 10.4 Å². The molecule has 84 valence electrons. The molecule has 0 radical (unpaired) electrons. The summed E-state index contributed by atoms with van der Waals surface area (Å²) in [5.41, 5.74) is 0. The van der Waals surface area contributed by atoms with Crippen molar-refractivity contribution in [1.82, 2.24) is 15.2 Å². The highest BCUT2D eigenvalue weighted by atomic mass is 35.5. The SMILES string of the molecule is CCCC(CC)Nc1nc(Cl)nnc1Cl. The van der Waals surface area contributed by atoms with E-state index in [9.17, 15) is 0 Å². The maximum absolute atomic E-state index is 5.84. The third-order valence-electron chi connectivity index (χ3n) is 2.09. The van der Waals surface area contributed by atoms with Gasteiger partial charge in [-0.1, -0.05) is 31.9 Å². The van der Waals surface area contributed by atoms with E-state index in [0.717, 1.165) is 19.3 Å². The van der Waals surface area contributed by atoms with E-state index in [4.69, 9.17) is 23.2 Å². The highest BCUT2D eigenvalue weighted by molar-refractivity contribution is 6.32. The molecule has 1 N–H and O–H groups in total. The Morgan fingerprint density at radius 1 is 1.27 bits per heavy atom. The molecule has 0 saturated carbocycles. The van der Waals surface area contributed by atoms with Crippen LogP contribution in [0.2, 0.25) is 10.4 Å². The molecule has 0 aliphatic heterocycles. The van der Waals surface area contributed by atoms with Crippen molar-refractivity contribution in [3.8, 4) is 0 Å². The molecule has 1 unspecified atom stereocenters. The average molecular weight is 249 g/mol. The minimum Gasteiger partial charge on any atom is -0.365 e. The molecule has 0 bridgehead atoms. The van der Waals surface area contributed by atoms with E-state index >= 15 is 0 Å². The summed E-state index contributed by atoms with van der Waals surface area (Å²) < 4.78 is 0. The van der Waals surface area contributed by atoms with Crippen molar-refractivity contribution in [2.75, 3.05) is 5.32 Å². The summed E-state index contributed by atoms with van der Waals surface area (Å²) in [4.78, 5) is 3.99. The van der Waals surface area contributed by atoms with Crippen molar-refractivity contribution in [2.24, 2.45) is 0 Å². The predicted molar refractivity (Wildman–Crippen MR) is 62.5 cm³/mol. The Hall–Kier alpha value is -0.610. The van der Waals surface area contributed by atoms with Gasteiger partial charge in [-0.2, -0.15) is 4.98 Å². The van der Waals surface area contributed by atoms with Crippen molar-refractivity contribution in [3.05, 3.63) is 10.4 Å². The molecule has 15 heavy (non-hydrogen) atoms. The fourth-order valence-corrected chi connectivity index (χ4v) is 1.56. The molecule has 0 amide bonds.